The van der Waals surface area contributed by atoms with Crippen LogP contribution in [0, 0.1) is 20.2 Å². The number of nitro benzene ring substituents is 2. The topological polar surface area (TPSA) is 248 Å². The number of phenolic OH excluding ortho intramolecular Hbond substituents is 4. The zero-order valence-electron chi connectivity index (χ0n) is 30.1. The second-order valence-corrected chi connectivity index (χ2v) is 13.6. The molecular weight excluding hydrogens is 752 g/mol. The first-order chi connectivity index (χ1) is 27.7. The van der Waals surface area contributed by atoms with Crippen LogP contribution in [0.3, 0.4) is 0 Å². The molecule has 0 fully saturated rings. The number of non-ortho nitro benzene ring substituents is 2. The van der Waals surface area contributed by atoms with Crippen molar-refractivity contribution in [1.29, 1.82) is 0 Å². The van der Waals surface area contributed by atoms with Gasteiger partial charge in [-0.15, -0.1) is 0 Å². The van der Waals surface area contributed by atoms with Crippen LogP contribution in [0.1, 0.15) is 65.2 Å². The number of hydrogen-bond donors (Lipinski definition) is 6. The van der Waals surface area contributed by atoms with Crippen molar-refractivity contribution in [3.8, 4) is 23.0 Å². The van der Waals surface area contributed by atoms with Crippen molar-refractivity contribution < 1.29 is 50.3 Å². The number of carbonyl (C=O) groups excluding carboxylic acids is 2. The van der Waals surface area contributed by atoms with Crippen molar-refractivity contribution in [2.75, 3.05) is 10.1 Å². The van der Waals surface area contributed by atoms with Crippen LogP contribution in [0.5, 0.6) is 23.0 Å². The van der Waals surface area contributed by atoms with E-state index in [9.17, 15) is 60.7 Å². The van der Waals surface area contributed by atoms with E-state index in [0.29, 0.717) is 10.1 Å². The summed E-state index contributed by atoms with van der Waals surface area (Å²) in [6.45, 7) is 0. The molecule has 0 radical (unpaired) electrons. The van der Waals surface area contributed by atoms with Crippen molar-refractivity contribution in [2.45, 2.75) is 25.7 Å². The molecule has 0 heterocycles. The average molecular weight is 785 g/mol. The lowest BCUT2D eigenvalue weighted by molar-refractivity contribution is -0.385. The van der Waals surface area contributed by atoms with Crippen LogP contribution in [0.15, 0.2) is 109 Å². The Bertz CT molecular complexity index is 2370. The number of fused-ring (bicyclic) bond motifs is 8. The second-order valence-electron chi connectivity index (χ2n) is 13.6. The Balaban J connectivity index is 1.46. The minimum absolute atomic E-state index is 0.0473. The first-order valence-corrected chi connectivity index (χ1v) is 17.5. The van der Waals surface area contributed by atoms with Crippen molar-refractivity contribution in [1.82, 2.24) is 0 Å². The van der Waals surface area contributed by atoms with Gasteiger partial charge in [0.25, 0.3) is 23.2 Å². The third-order valence-corrected chi connectivity index (χ3v) is 9.87. The Morgan fingerprint density at radius 1 is 0.448 bits per heavy atom. The lowest BCUT2D eigenvalue weighted by atomic mass is 9.90. The maximum atomic E-state index is 13.3. The zero-order valence-corrected chi connectivity index (χ0v) is 30.1. The molecule has 16 nitrogen and oxygen atoms in total. The molecule has 16 heteroatoms. The molecule has 1 aliphatic rings. The Labute approximate surface area is 328 Å². The normalized spacial score (nSPS) is 12.0. The van der Waals surface area contributed by atoms with Gasteiger partial charge in [-0.05, 0) is 48.5 Å². The summed E-state index contributed by atoms with van der Waals surface area (Å²) in [6.07, 6.45) is -1.72. The summed E-state index contributed by atoms with van der Waals surface area (Å²) in [5.74, 6) is -3.60. The first kappa shape index (κ1) is 38.5. The molecule has 0 spiro atoms. The summed E-state index contributed by atoms with van der Waals surface area (Å²) in [5.41, 5.74) is -1.67. The number of rotatable bonds is 6. The van der Waals surface area contributed by atoms with E-state index in [1.165, 1.54) is 48.5 Å². The van der Waals surface area contributed by atoms with Crippen LogP contribution in [-0.2, 0) is 25.7 Å². The Kier molecular flexibility index (Phi) is 10.2. The Hall–Kier alpha value is -7.82. The quantitative estimate of drug-likeness (QED) is 0.0563. The van der Waals surface area contributed by atoms with E-state index in [1.54, 1.807) is 36.4 Å². The fourth-order valence-corrected chi connectivity index (χ4v) is 6.96. The summed E-state index contributed by atoms with van der Waals surface area (Å²) in [7, 11) is 0. The monoisotopic (exact) mass is 784 g/mol. The van der Waals surface area contributed by atoms with Gasteiger partial charge in [-0.25, -0.2) is 0 Å². The number of nitrogens with zero attached hydrogens (tertiary/aromatic N) is 4. The van der Waals surface area contributed by atoms with Crippen molar-refractivity contribution >= 4 is 34.6 Å². The summed E-state index contributed by atoms with van der Waals surface area (Å²) >= 11 is 0. The van der Waals surface area contributed by atoms with Gasteiger partial charge in [-0.3, -0.25) is 40.2 Å². The molecule has 0 atom stereocenters. The molecule has 2 amide bonds. The summed E-state index contributed by atoms with van der Waals surface area (Å²) < 4.78 is 0. The minimum Gasteiger partial charge on any atom is -0.507 e. The summed E-state index contributed by atoms with van der Waals surface area (Å²) in [6, 6.07) is 24.6. The zero-order chi connectivity index (χ0) is 41.4. The van der Waals surface area contributed by atoms with E-state index in [0.717, 1.165) is 24.3 Å². The standard InChI is InChI=1S/C42H32N4O12/c47-37-25-11-29-19-35(45(55)56)21-31(39(29)49)13-27-17-34(44(54)42(52)24-9-5-2-6-10-24)18-28(38(27)48)14-32-22-36(46(57)58)20-30(40(32)50)12-26(37)16-33(15-25)43(53)41(51)23-7-3-1-4-8-23/h1-10,15-22,47-50,53-54H,11-14H2. The molecule has 6 aromatic rings. The van der Waals surface area contributed by atoms with Crippen LogP contribution in [0.4, 0.5) is 22.7 Å². The van der Waals surface area contributed by atoms with Crippen LogP contribution < -0.4 is 10.1 Å². The second kappa shape index (κ2) is 15.4. The average Bonchev–Trinajstić information content (AvgIpc) is 3.22. The largest absolute Gasteiger partial charge is 0.507 e. The molecule has 0 unspecified atom stereocenters. The highest BCUT2D eigenvalue weighted by molar-refractivity contribution is 6.05. The molecule has 7 rings (SSSR count). The summed E-state index contributed by atoms with van der Waals surface area (Å²) in [5, 5.41) is 94.0. The molecule has 0 saturated heterocycles. The highest BCUT2D eigenvalue weighted by atomic mass is 16.6. The molecular formula is C42H32N4O12. The van der Waals surface area contributed by atoms with Gasteiger partial charge in [0.2, 0.25) is 0 Å². The van der Waals surface area contributed by atoms with Gasteiger partial charge < -0.3 is 20.4 Å². The summed E-state index contributed by atoms with van der Waals surface area (Å²) in [4.78, 5) is 49.7. The highest BCUT2D eigenvalue weighted by Gasteiger charge is 2.27. The molecule has 8 bridgehead atoms. The lowest BCUT2D eigenvalue weighted by Gasteiger charge is -2.21. The van der Waals surface area contributed by atoms with Gasteiger partial charge in [0.05, 0.1) is 21.2 Å². The minimum atomic E-state index is -0.862. The Morgan fingerprint density at radius 3 is 0.931 bits per heavy atom. The third-order valence-electron chi connectivity index (χ3n) is 9.87. The molecule has 58 heavy (non-hydrogen) atoms. The van der Waals surface area contributed by atoms with Crippen molar-refractivity contribution in [3.05, 3.63) is 185 Å². The smallest absolute Gasteiger partial charge is 0.281 e. The number of carbonyl (C=O) groups is 2. The van der Waals surface area contributed by atoms with E-state index >= 15 is 0 Å². The number of nitro groups is 2. The third kappa shape index (κ3) is 7.43. The fraction of sp³-hybridized carbons (Fsp3) is 0.0952. The predicted molar refractivity (Wildman–Crippen MR) is 207 cm³/mol. The van der Waals surface area contributed by atoms with Crippen molar-refractivity contribution in [2.24, 2.45) is 0 Å². The van der Waals surface area contributed by atoms with E-state index in [-0.39, 0.29) is 67.0 Å². The van der Waals surface area contributed by atoms with Gasteiger partial charge in [0, 0.05) is 106 Å². The fourth-order valence-electron chi connectivity index (χ4n) is 6.96. The molecule has 1 aliphatic carbocycles. The number of anilines is 2. The van der Waals surface area contributed by atoms with Gasteiger partial charge in [0.1, 0.15) is 23.0 Å². The van der Waals surface area contributed by atoms with E-state index < -0.39 is 81.7 Å². The number of benzene rings is 6. The predicted octanol–water partition coefficient (Wildman–Crippen LogP) is 7.07. The highest BCUT2D eigenvalue weighted by Crippen LogP contribution is 2.42. The lowest BCUT2D eigenvalue weighted by Crippen LogP contribution is -2.27. The van der Waals surface area contributed by atoms with Crippen LogP contribution in [0.25, 0.3) is 0 Å². The Morgan fingerprint density at radius 2 is 0.690 bits per heavy atom. The molecule has 292 valence electrons. The molecule has 0 aromatic heterocycles. The van der Waals surface area contributed by atoms with E-state index in [4.69, 9.17) is 0 Å². The number of hydroxylamine groups is 2. The van der Waals surface area contributed by atoms with Crippen molar-refractivity contribution in [3.63, 3.8) is 0 Å². The number of hydrogen-bond acceptors (Lipinski definition) is 12. The van der Waals surface area contributed by atoms with Crippen LogP contribution in [-0.4, -0.2) is 52.5 Å². The molecule has 6 aromatic carbocycles. The van der Waals surface area contributed by atoms with Gasteiger partial charge in [-0.1, -0.05) is 36.4 Å². The SMILES string of the molecule is O=C(c1ccccc1)N(O)c1cc2c(O)c(c1)Cc1cc([N+](=O)[O-])cc(c1O)Cc1cc(N(O)C(=O)c3ccccc3)cc(c1O)Cc1cc([N+](=O)[O-])cc(c1O)C2. The van der Waals surface area contributed by atoms with Gasteiger partial charge >= 0.3 is 0 Å². The maximum absolute atomic E-state index is 13.3. The number of aromatic hydroxyl groups is 4. The molecule has 0 saturated carbocycles. The number of amides is 2. The van der Waals surface area contributed by atoms with E-state index in [2.05, 4.69) is 0 Å². The molecule has 0 aliphatic heterocycles. The van der Waals surface area contributed by atoms with Gasteiger partial charge in [-0.2, -0.15) is 10.1 Å². The van der Waals surface area contributed by atoms with Crippen LogP contribution >= 0.6 is 0 Å². The van der Waals surface area contributed by atoms with Gasteiger partial charge in [0.15, 0.2) is 0 Å². The van der Waals surface area contributed by atoms with E-state index in [1.807, 2.05) is 0 Å². The van der Waals surface area contributed by atoms with Crippen LogP contribution in [0.2, 0.25) is 0 Å². The molecule has 6 N–H and O–H groups in total. The maximum Gasteiger partial charge on any atom is 0.281 e. The first-order valence-electron chi connectivity index (χ1n) is 17.5. The number of phenols is 4.